The third-order valence-corrected chi connectivity index (χ3v) is 3.65. The molecular weight excluding hydrogens is 220 g/mol. The first-order valence-corrected chi connectivity index (χ1v) is 6.48. The highest BCUT2D eigenvalue weighted by molar-refractivity contribution is 5.66. The molecule has 5 nitrogen and oxygen atoms in total. The largest absolute Gasteiger partial charge is 0.481 e. The fourth-order valence-corrected chi connectivity index (χ4v) is 2.54. The van der Waals surface area contributed by atoms with Crippen LogP contribution in [0.1, 0.15) is 12.8 Å². The molecule has 0 aromatic carbocycles. The number of carboxylic acid groups (broad SMARTS) is 1. The Bertz CT molecular complexity index is 246. The van der Waals surface area contributed by atoms with Gasteiger partial charge in [0, 0.05) is 45.9 Å². The molecule has 0 spiro atoms. The van der Waals surface area contributed by atoms with E-state index in [1.165, 1.54) is 6.42 Å². The number of piperazine rings is 1. The molecule has 2 aliphatic heterocycles. The molecule has 0 amide bonds. The van der Waals surface area contributed by atoms with Crippen LogP contribution in [0.2, 0.25) is 0 Å². The van der Waals surface area contributed by atoms with Gasteiger partial charge in [0.2, 0.25) is 0 Å². The lowest BCUT2D eigenvalue weighted by Crippen LogP contribution is -2.48. The fourth-order valence-electron chi connectivity index (χ4n) is 2.54. The number of carbonyl (C=O) groups is 1. The summed E-state index contributed by atoms with van der Waals surface area (Å²) >= 11 is 0. The van der Waals surface area contributed by atoms with Crippen molar-refractivity contribution < 1.29 is 14.6 Å². The molecule has 17 heavy (non-hydrogen) atoms. The van der Waals surface area contributed by atoms with Crippen LogP contribution < -0.4 is 0 Å². The van der Waals surface area contributed by atoms with Gasteiger partial charge in [0.15, 0.2) is 0 Å². The van der Waals surface area contributed by atoms with Crippen molar-refractivity contribution in [2.24, 2.45) is 5.92 Å². The molecular formula is C12H22N2O3. The van der Waals surface area contributed by atoms with Crippen molar-refractivity contribution in [3.05, 3.63) is 0 Å². The molecule has 98 valence electrons. The molecule has 2 saturated heterocycles. The van der Waals surface area contributed by atoms with Crippen LogP contribution in [0.4, 0.5) is 0 Å². The van der Waals surface area contributed by atoms with Crippen molar-refractivity contribution >= 4 is 5.97 Å². The van der Waals surface area contributed by atoms with Crippen LogP contribution in [0.5, 0.6) is 0 Å². The van der Waals surface area contributed by atoms with Crippen LogP contribution in [0.3, 0.4) is 0 Å². The molecule has 0 aliphatic carbocycles. The zero-order valence-electron chi connectivity index (χ0n) is 10.3. The molecule has 2 rings (SSSR count). The van der Waals surface area contributed by atoms with Crippen molar-refractivity contribution in [1.82, 2.24) is 9.80 Å². The molecule has 0 aromatic rings. The van der Waals surface area contributed by atoms with Gasteiger partial charge in [0.1, 0.15) is 0 Å². The molecule has 1 unspecified atom stereocenters. The first kappa shape index (κ1) is 12.8. The van der Waals surface area contributed by atoms with E-state index in [-0.39, 0.29) is 6.42 Å². The fraction of sp³-hybridized carbons (Fsp3) is 0.917. The van der Waals surface area contributed by atoms with E-state index in [1.807, 2.05) is 0 Å². The van der Waals surface area contributed by atoms with E-state index in [4.69, 9.17) is 9.84 Å². The van der Waals surface area contributed by atoms with Gasteiger partial charge >= 0.3 is 5.97 Å². The van der Waals surface area contributed by atoms with Crippen LogP contribution in [0, 0.1) is 5.92 Å². The topological polar surface area (TPSA) is 53.0 Å². The van der Waals surface area contributed by atoms with E-state index in [2.05, 4.69) is 9.80 Å². The standard InChI is InChI=1S/C12H22N2O3/c15-12(16)1-3-13-4-6-14(7-5-13)9-11-2-8-17-10-11/h11H,1-10H2,(H,15,16). The average Bonchev–Trinajstić information content (AvgIpc) is 2.81. The molecule has 0 radical (unpaired) electrons. The number of hydrogen-bond acceptors (Lipinski definition) is 4. The van der Waals surface area contributed by atoms with E-state index in [9.17, 15) is 4.79 Å². The Labute approximate surface area is 102 Å². The Hall–Kier alpha value is -0.650. The van der Waals surface area contributed by atoms with Crippen molar-refractivity contribution in [2.45, 2.75) is 12.8 Å². The minimum atomic E-state index is -0.699. The highest BCUT2D eigenvalue weighted by atomic mass is 16.5. The number of nitrogens with zero attached hydrogens (tertiary/aromatic N) is 2. The number of carboxylic acids is 1. The van der Waals surface area contributed by atoms with Crippen molar-refractivity contribution in [3.8, 4) is 0 Å². The van der Waals surface area contributed by atoms with Gasteiger partial charge < -0.3 is 19.6 Å². The third-order valence-electron chi connectivity index (χ3n) is 3.65. The summed E-state index contributed by atoms with van der Waals surface area (Å²) in [6, 6.07) is 0. The summed E-state index contributed by atoms with van der Waals surface area (Å²) in [6.45, 7) is 7.80. The first-order chi connectivity index (χ1) is 8.24. The van der Waals surface area contributed by atoms with Gasteiger partial charge in [-0.25, -0.2) is 0 Å². The third kappa shape index (κ3) is 4.26. The maximum atomic E-state index is 10.5. The Balaban J connectivity index is 1.61. The molecule has 0 aromatic heterocycles. The summed E-state index contributed by atoms with van der Waals surface area (Å²) in [5.74, 6) is 0.0103. The number of hydrogen-bond donors (Lipinski definition) is 1. The minimum Gasteiger partial charge on any atom is -0.481 e. The van der Waals surface area contributed by atoms with E-state index in [0.717, 1.165) is 45.9 Å². The lowest BCUT2D eigenvalue weighted by atomic mass is 10.1. The molecule has 2 heterocycles. The molecule has 2 aliphatic rings. The van der Waals surface area contributed by atoms with Gasteiger partial charge in [-0.1, -0.05) is 0 Å². The molecule has 0 saturated carbocycles. The van der Waals surface area contributed by atoms with Crippen LogP contribution in [0.15, 0.2) is 0 Å². The molecule has 0 bridgehead atoms. The monoisotopic (exact) mass is 242 g/mol. The molecule has 5 heteroatoms. The van der Waals surface area contributed by atoms with Crippen LogP contribution in [0.25, 0.3) is 0 Å². The van der Waals surface area contributed by atoms with E-state index in [0.29, 0.717) is 12.5 Å². The maximum Gasteiger partial charge on any atom is 0.304 e. The second-order valence-corrected chi connectivity index (χ2v) is 5.02. The summed E-state index contributed by atoms with van der Waals surface area (Å²) in [6.07, 6.45) is 1.45. The smallest absolute Gasteiger partial charge is 0.304 e. The van der Waals surface area contributed by atoms with Crippen molar-refractivity contribution in [2.75, 3.05) is 52.5 Å². The highest BCUT2D eigenvalue weighted by Crippen LogP contribution is 2.15. The average molecular weight is 242 g/mol. The molecule has 1 atom stereocenters. The molecule has 2 fully saturated rings. The van der Waals surface area contributed by atoms with Crippen molar-refractivity contribution in [1.29, 1.82) is 0 Å². The van der Waals surface area contributed by atoms with Crippen LogP contribution >= 0.6 is 0 Å². The van der Waals surface area contributed by atoms with Crippen LogP contribution in [-0.2, 0) is 9.53 Å². The van der Waals surface area contributed by atoms with Crippen molar-refractivity contribution in [3.63, 3.8) is 0 Å². The Kier molecular flexibility index (Phi) is 4.76. The van der Waals surface area contributed by atoms with Crippen LogP contribution in [-0.4, -0.2) is 73.4 Å². The van der Waals surface area contributed by atoms with Gasteiger partial charge in [0.25, 0.3) is 0 Å². The second kappa shape index (κ2) is 6.33. The Morgan fingerprint density at radius 1 is 1.24 bits per heavy atom. The summed E-state index contributed by atoms with van der Waals surface area (Å²) in [5.41, 5.74) is 0. The summed E-state index contributed by atoms with van der Waals surface area (Å²) in [4.78, 5) is 15.2. The molecule has 1 N–H and O–H groups in total. The lowest BCUT2D eigenvalue weighted by molar-refractivity contribution is -0.137. The SMILES string of the molecule is O=C(O)CCN1CCN(CC2CCOC2)CC1. The van der Waals surface area contributed by atoms with Gasteiger partial charge in [-0.05, 0) is 12.3 Å². The predicted molar refractivity (Wildman–Crippen MR) is 64.1 cm³/mol. The number of aliphatic carboxylic acids is 1. The van der Waals surface area contributed by atoms with E-state index in [1.54, 1.807) is 0 Å². The Morgan fingerprint density at radius 3 is 2.53 bits per heavy atom. The van der Waals surface area contributed by atoms with Gasteiger partial charge in [0.05, 0.1) is 13.0 Å². The zero-order valence-corrected chi connectivity index (χ0v) is 10.3. The summed E-state index contributed by atoms with van der Waals surface area (Å²) in [5, 5.41) is 8.63. The van der Waals surface area contributed by atoms with E-state index >= 15 is 0 Å². The predicted octanol–water partition coefficient (Wildman–Crippen LogP) is 0.115. The van der Waals surface area contributed by atoms with Gasteiger partial charge in [-0.15, -0.1) is 0 Å². The van der Waals surface area contributed by atoms with Gasteiger partial charge in [-0.2, -0.15) is 0 Å². The minimum absolute atomic E-state index is 0.260. The quantitative estimate of drug-likeness (QED) is 0.742. The summed E-state index contributed by atoms with van der Waals surface area (Å²) in [7, 11) is 0. The highest BCUT2D eigenvalue weighted by Gasteiger charge is 2.22. The summed E-state index contributed by atoms with van der Waals surface area (Å²) < 4.78 is 5.38. The number of ether oxygens (including phenoxy) is 1. The maximum absolute atomic E-state index is 10.5. The van der Waals surface area contributed by atoms with E-state index < -0.39 is 5.97 Å². The Morgan fingerprint density at radius 2 is 1.94 bits per heavy atom. The number of rotatable bonds is 5. The van der Waals surface area contributed by atoms with Gasteiger partial charge in [-0.3, -0.25) is 4.79 Å². The second-order valence-electron chi connectivity index (χ2n) is 5.02. The zero-order chi connectivity index (χ0) is 12.1. The lowest BCUT2D eigenvalue weighted by Gasteiger charge is -2.35. The normalized spacial score (nSPS) is 27.4. The first-order valence-electron chi connectivity index (χ1n) is 6.48.